The van der Waals surface area contributed by atoms with Crippen LogP contribution in [-0.4, -0.2) is 61.1 Å². The summed E-state index contributed by atoms with van der Waals surface area (Å²) in [6, 6.07) is 3.56. The quantitative estimate of drug-likeness (QED) is 0.792. The fourth-order valence-electron chi connectivity index (χ4n) is 2.40. The lowest BCUT2D eigenvalue weighted by Gasteiger charge is -2.22. The molecule has 23 heavy (non-hydrogen) atoms. The second-order valence-electron chi connectivity index (χ2n) is 5.55. The Hall–Kier alpha value is -2.26. The predicted octanol–water partition coefficient (Wildman–Crippen LogP) is -0.0370. The average Bonchev–Trinajstić information content (AvgIpc) is 2.70. The molecule has 1 atom stereocenters. The number of carbonyl (C=O) groups is 2. The molecule has 0 aliphatic carbocycles. The molecule has 1 aromatic rings. The zero-order chi connectivity index (χ0) is 17.6. The summed E-state index contributed by atoms with van der Waals surface area (Å²) in [5.74, 6) is -1.82. The zero-order valence-corrected chi connectivity index (χ0v) is 13.6. The Labute approximate surface area is 133 Å². The van der Waals surface area contributed by atoms with Gasteiger partial charge < -0.3 is 10.2 Å². The van der Waals surface area contributed by atoms with E-state index in [-0.39, 0.29) is 21.7 Å². The van der Waals surface area contributed by atoms with Gasteiger partial charge in [-0.05, 0) is 19.1 Å². The average molecular weight is 340 g/mol. The lowest BCUT2D eigenvalue weighted by molar-refractivity contribution is -0.135. The molecule has 0 bridgehead atoms. The highest BCUT2D eigenvalue weighted by molar-refractivity contribution is 7.90. The number of benzene rings is 1. The minimum absolute atomic E-state index is 0.0879. The molecule has 1 amide bonds. The van der Waals surface area contributed by atoms with Crippen LogP contribution in [0.4, 0.5) is 0 Å². The summed E-state index contributed by atoms with van der Waals surface area (Å²) in [5.41, 5.74) is -1.50. The van der Waals surface area contributed by atoms with Crippen LogP contribution in [0, 0.1) is 5.41 Å². The van der Waals surface area contributed by atoms with Crippen molar-refractivity contribution in [2.45, 2.75) is 11.8 Å². The third kappa shape index (κ3) is 2.73. The first-order valence-electron chi connectivity index (χ1n) is 6.58. The van der Waals surface area contributed by atoms with Crippen LogP contribution in [-0.2, 0) is 14.6 Å². The smallest absolute Gasteiger partial charge is 0.336 e. The molecule has 2 N–H and O–H groups in total. The van der Waals surface area contributed by atoms with Crippen LogP contribution in [0.1, 0.15) is 22.8 Å². The maximum absolute atomic E-state index is 12.2. The summed E-state index contributed by atoms with van der Waals surface area (Å²) < 4.78 is 23.2. The highest BCUT2D eigenvalue weighted by atomic mass is 32.2. The Morgan fingerprint density at radius 3 is 2.48 bits per heavy atom. The van der Waals surface area contributed by atoms with E-state index >= 15 is 0 Å². The van der Waals surface area contributed by atoms with Crippen molar-refractivity contribution in [3.8, 4) is 0 Å². The highest BCUT2D eigenvalue weighted by Crippen LogP contribution is 2.33. The van der Waals surface area contributed by atoms with Crippen LogP contribution >= 0.6 is 0 Å². The van der Waals surface area contributed by atoms with Gasteiger partial charge in [-0.1, -0.05) is 6.07 Å². The summed E-state index contributed by atoms with van der Waals surface area (Å²) in [6.07, 6.45) is 0.968. The van der Waals surface area contributed by atoms with Crippen molar-refractivity contribution >= 4 is 27.4 Å². The van der Waals surface area contributed by atoms with Crippen molar-refractivity contribution < 1.29 is 28.2 Å². The molecule has 1 heterocycles. The van der Waals surface area contributed by atoms with E-state index in [0.717, 1.165) is 17.3 Å². The van der Waals surface area contributed by atoms with Crippen LogP contribution in [0.25, 0.3) is 0 Å². The second-order valence-corrected chi connectivity index (χ2v) is 7.57. The summed E-state index contributed by atoms with van der Waals surface area (Å²) in [4.78, 5) is 23.5. The summed E-state index contributed by atoms with van der Waals surface area (Å²) in [7, 11) is -2.19. The summed E-state index contributed by atoms with van der Waals surface area (Å²) in [6.45, 7) is 0.898. The van der Waals surface area contributed by atoms with E-state index < -0.39 is 33.7 Å². The van der Waals surface area contributed by atoms with Crippen molar-refractivity contribution in [3.63, 3.8) is 0 Å². The number of hydrogen-bond acceptors (Lipinski definition) is 6. The maximum Gasteiger partial charge on any atom is 0.336 e. The first-order valence-corrected chi connectivity index (χ1v) is 8.47. The van der Waals surface area contributed by atoms with Gasteiger partial charge in [0, 0.05) is 18.9 Å². The molecule has 0 saturated carbocycles. The standard InChI is InChI=1S/C14H16N2O6S/c1-14(7-17)11(15-16(2)13(14)20)9-5-4-8(23(3,21)22)6-10(9)12(18)19/h4-6,17H,7H2,1-3H3,(H,18,19). The molecule has 0 aromatic heterocycles. The number of carboxylic acids is 1. The van der Waals surface area contributed by atoms with Crippen LogP contribution in [0.2, 0.25) is 0 Å². The topological polar surface area (TPSA) is 124 Å². The van der Waals surface area contributed by atoms with Gasteiger partial charge in [0.25, 0.3) is 5.91 Å². The molecule has 9 heteroatoms. The van der Waals surface area contributed by atoms with E-state index in [1.54, 1.807) is 0 Å². The number of aromatic carboxylic acids is 1. The number of sulfone groups is 1. The fourth-order valence-corrected chi connectivity index (χ4v) is 3.04. The Morgan fingerprint density at radius 1 is 1.39 bits per heavy atom. The van der Waals surface area contributed by atoms with Gasteiger partial charge in [-0.3, -0.25) is 4.79 Å². The third-order valence-electron chi connectivity index (χ3n) is 3.76. The van der Waals surface area contributed by atoms with Gasteiger partial charge >= 0.3 is 5.97 Å². The van der Waals surface area contributed by atoms with Gasteiger partial charge in [0.05, 0.1) is 22.8 Å². The monoisotopic (exact) mass is 340 g/mol. The maximum atomic E-state index is 12.2. The number of nitrogens with zero attached hydrogens (tertiary/aromatic N) is 2. The molecule has 1 aliphatic heterocycles. The van der Waals surface area contributed by atoms with E-state index in [1.165, 1.54) is 26.1 Å². The number of amides is 1. The number of hydrazone groups is 1. The predicted molar refractivity (Wildman–Crippen MR) is 81.0 cm³/mol. The molecule has 1 aliphatic rings. The zero-order valence-electron chi connectivity index (χ0n) is 12.8. The summed E-state index contributed by atoms with van der Waals surface area (Å²) >= 11 is 0. The van der Waals surface area contributed by atoms with Gasteiger partial charge in [0.1, 0.15) is 5.41 Å². The van der Waals surface area contributed by atoms with Crippen molar-refractivity contribution in [2.24, 2.45) is 10.5 Å². The van der Waals surface area contributed by atoms with E-state index in [0.29, 0.717) is 0 Å². The number of rotatable bonds is 4. The van der Waals surface area contributed by atoms with Crippen molar-refractivity contribution in [3.05, 3.63) is 29.3 Å². The molecule has 2 rings (SSSR count). The molecule has 8 nitrogen and oxygen atoms in total. The van der Waals surface area contributed by atoms with Gasteiger partial charge in [-0.25, -0.2) is 18.2 Å². The summed E-state index contributed by atoms with van der Waals surface area (Å²) in [5, 5.41) is 24.0. The first kappa shape index (κ1) is 17.1. The fraction of sp³-hybridized carbons (Fsp3) is 0.357. The molecule has 1 unspecified atom stereocenters. The lowest BCUT2D eigenvalue weighted by Crippen LogP contribution is -2.40. The van der Waals surface area contributed by atoms with E-state index in [2.05, 4.69) is 5.10 Å². The Morgan fingerprint density at radius 2 is 2.00 bits per heavy atom. The number of carbonyl (C=O) groups excluding carboxylic acids is 1. The second kappa shape index (κ2) is 5.43. The van der Waals surface area contributed by atoms with Crippen LogP contribution in [0.3, 0.4) is 0 Å². The van der Waals surface area contributed by atoms with Crippen LogP contribution in [0.15, 0.2) is 28.2 Å². The Bertz CT molecular complexity index is 830. The molecule has 0 spiro atoms. The molecule has 124 valence electrons. The Kier molecular flexibility index (Phi) is 4.03. The normalized spacial score (nSPS) is 21.5. The van der Waals surface area contributed by atoms with Crippen molar-refractivity contribution in [1.82, 2.24) is 5.01 Å². The highest BCUT2D eigenvalue weighted by Gasteiger charge is 2.47. The van der Waals surface area contributed by atoms with Gasteiger partial charge in [-0.15, -0.1) is 0 Å². The number of hydrogen-bond donors (Lipinski definition) is 2. The number of aliphatic hydroxyl groups excluding tert-OH is 1. The largest absolute Gasteiger partial charge is 0.478 e. The third-order valence-corrected chi connectivity index (χ3v) is 4.87. The van der Waals surface area contributed by atoms with E-state index in [9.17, 15) is 28.2 Å². The van der Waals surface area contributed by atoms with Crippen molar-refractivity contribution in [2.75, 3.05) is 19.9 Å². The van der Waals surface area contributed by atoms with Crippen molar-refractivity contribution in [1.29, 1.82) is 0 Å². The minimum atomic E-state index is -3.58. The van der Waals surface area contributed by atoms with E-state index in [1.807, 2.05) is 0 Å². The van der Waals surface area contributed by atoms with Crippen LogP contribution in [0.5, 0.6) is 0 Å². The minimum Gasteiger partial charge on any atom is -0.478 e. The number of carboxylic acid groups (broad SMARTS) is 1. The molecule has 1 aromatic carbocycles. The SMILES string of the molecule is CN1N=C(c2ccc(S(C)(=O)=O)cc2C(=O)O)C(C)(CO)C1=O. The lowest BCUT2D eigenvalue weighted by atomic mass is 9.81. The van der Waals surface area contributed by atoms with Crippen LogP contribution < -0.4 is 0 Å². The molecule has 0 saturated heterocycles. The molecular formula is C14H16N2O6S. The number of aliphatic hydroxyl groups is 1. The van der Waals surface area contributed by atoms with Gasteiger partial charge in [0.15, 0.2) is 9.84 Å². The first-order chi connectivity index (χ1) is 10.5. The van der Waals surface area contributed by atoms with Gasteiger partial charge in [0.2, 0.25) is 0 Å². The molecule has 0 fully saturated rings. The molecule has 0 radical (unpaired) electrons. The molecular weight excluding hydrogens is 324 g/mol. The Balaban J connectivity index is 2.71. The van der Waals surface area contributed by atoms with E-state index in [4.69, 9.17) is 0 Å². The van der Waals surface area contributed by atoms with Gasteiger partial charge in [-0.2, -0.15) is 5.10 Å².